The summed E-state index contributed by atoms with van der Waals surface area (Å²) in [6.45, 7) is 3.50. The average Bonchev–Trinajstić information content (AvgIpc) is 2.59. The first kappa shape index (κ1) is 20.4. The Morgan fingerprint density at radius 3 is 2.46 bits per heavy atom. The highest BCUT2D eigenvalue weighted by atomic mass is 127. The Kier molecular flexibility index (Phi) is 9.41. The van der Waals surface area contributed by atoms with Crippen LogP contribution in [0.1, 0.15) is 22.8 Å². The molecule has 2 N–H and O–H groups in total. The topological polar surface area (TPSA) is 45.7 Å². The normalized spacial score (nSPS) is 12.2. The third kappa shape index (κ3) is 6.49. The molecule has 0 amide bonds. The molecule has 2 aromatic rings. The Morgan fingerprint density at radius 1 is 1.08 bits per heavy atom. The van der Waals surface area contributed by atoms with Gasteiger partial charge in [-0.3, -0.25) is 4.99 Å². The Bertz CT molecular complexity index is 632. The largest absolute Gasteiger partial charge is 0.375 e. The van der Waals surface area contributed by atoms with Crippen LogP contribution in [0.15, 0.2) is 59.6 Å². The minimum absolute atomic E-state index is 0. The first-order valence-electron chi connectivity index (χ1n) is 7.80. The van der Waals surface area contributed by atoms with E-state index in [2.05, 4.69) is 58.9 Å². The molecular weight excluding hydrogens is 413 g/mol. The third-order valence-corrected chi connectivity index (χ3v) is 3.68. The number of aryl methyl sites for hydroxylation is 1. The van der Waals surface area contributed by atoms with Crippen molar-refractivity contribution in [2.75, 3.05) is 20.7 Å². The van der Waals surface area contributed by atoms with Gasteiger partial charge in [-0.05, 0) is 18.1 Å². The van der Waals surface area contributed by atoms with E-state index < -0.39 is 0 Å². The van der Waals surface area contributed by atoms with Gasteiger partial charge in [-0.15, -0.1) is 24.0 Å². The van der Waals surface area contributed by atoms with E-state index in [1.165, 1.54) is 11.1 Å². The molecule has 130 valence electrons. The van der Waals surface area contributed by atoms with Crippen LogP contribution in [0.2, 0.25) is 0 Å². The van der Waals surface area contributed by atoms with E-state index in [4.69, 9.17) is 4.74 Å². The zero-order valence-corrected chi connectivity index (χ0v) is 16.8. The van der Waals surface area contributed by atoms with Gasteiger partial charge in [0.25, 0.3) is 0 Å². The van der Waals surface area contributed by atoms with E-state index in [1.807, 2.05) is 18.2 Å². The lowest BCUT2D eigenvalue weighted by molar-refractivity contribution is 0.106. The van der Waals surface area contributed by atoms with Crippen LogP contribution in [-0.4, -0.2) is 26.7 Å². The first-order valence-corrected chi connectivity index (χ1v) is 7.80. The molecule has 5 heteroatoms. The maximum Gasteiger partial charge on any atom is 0.191 e. The van der Waals surface area contributed by atoms with Crippen LogP contribution in [0, 0.1) is 6.92 Å². The summed E-state index contributed by atoms with van der Waals surface area (Å²) >= 11 is 0. The van der Waals surface area contributed by atoms with E-state index >= 15 is 0 Å². The SMILES string of the molecule is CN=C(NCc1cccc(C)c1)NCC(OC)c1ccccc1.I. The lowest BCUT2D eigenvalue weighted by Crippen LogP contribution is -2.39. The maximum atomic E-state index is 5.56. The summed E-state index contributed by atoms with van der Waals surface area (Å²) in [6, 6.07) is 18.6. The fraction of sp³-hybridized carbons (Fsp3) is 0.316. The van der Waals surface area contributed by atoms with Gasteiger partial charge in [0.15, 0.2) is 5.96 Å². The number of hydrogen-bond acceptors (Lipinski definition) is 2. The van der Waals surface area contributed by atoms with Crippen molar-refractivity contribution in [3.8, 4) is 0 Å². The summed E-state index contributed by atoms with van der Waals surface area (Å²) in [4.78, 5) is 4.26. The number of guanidine groups is 1. The quantitative estimate of drug-likeness (QED) is 0.410. The predicted molar refractivity (Wildman–Crippen MR) is 111 cm³/mol. The number of hydrogen-bond donors (Lipinski definition) is 2. The van der Waals surface area contributed by atoms with E-state index in [1.54, 1.807) is 14.2 Å². The number of halogens is 1. The van der Waals surface area contributed by atoms with Crippen LogP contribution in [-0.2, 0) is 11.3 Å². The molecule has 1 unspecified atom stereocenters. The van der Waals surface area contributed by atoms with E-state index in [-0.39, 0.29) is 30.1 Å². The van der Waals surface area contributed by atoms with Crippen LogP contribution in [0.5, 0.6) is 0 Å². The van der Waals surface area contributed by atoms with Gasteiger partial charge in [-0.1, -0.05) is 60.2 Å². The second-order valence-electron chi connectivity index (χ2n) is 5.43. The van der Waals surface area contributed by atoms with Gasteiger partial charge >= 0.3 is 0 Å². The lowest BCUT2D eigenvalue weighted by atomic mass is 10.1. The molecule has 0 bridgehead atoms. The molecule has 0 radical (unpaired) electrons. The fourth-order valence-corrected chi connectivity index (χ4v) is 2.42. The summed E-state index contributed by atoms with van der Waals surface area (Å²) in [5.41, 5.74) is 3.65. The molecule has 24 heavy (non-hydrogen) atoms. The molecule has 0 heterocycles. The van der Waals surface area contributed by atoms with Crippen molar-refractivity contribution in [1.29, 1.82) is 0 Å². The van der Waals surface area contributed by atoms with Crippen molar-refractivity contribution in [1.82, 2.24) is 10.6 Å². The highest BCUT2D eigenvalue weighted by Gasteiger charge is 2.10. The molecule has 0 aliphatic heterocycles. The molecule has 0 aliphatic rings. The molecule has 2 rings (SSSR count). The van der Waals surface area contributed by atoms with E-state index in [0.29, 0.717) is 6.54 Å². The maximum absolute atomic E-state index is 5.56. The molecule has 0 saturated heterocycles. The standard InChI is InChI=1S/C19H25N3O.HI/c1-15-8-7-9-16(12-15)13-21-19(20-2)22-14-18(23-3)17-10-5-4-6-11-17;/h4-12,18H,13-14H2,1-3H3,(H2,20,21,22);1H. The third-order valence-electron chi connectivity index (χ3n) is 3.68. The van der Waals surface area contributed by atoms with Gasteiger partial charge in [-0.25, -0.2) is 0 Å². The Balaban J connectivity index is 0.00000288. The van der Waals surface area contributed by atoms with Gasteiger partial charge in [0, 0.05) is 27.2 Å². The molecule has 0 aromatic heterocycles. The van der Waals surface area contributed by atoms with Crippen LogP contribution in [0.4, 0.5) is 0 Å². The van der Waals surface area contributed by atoms with Gasteiger partial charge in [-0.2, -0.15) is 0 Å². The summed E-state index contributed by atoms with van der Waals surface area (Å²) in [7, 11) is 3.50. The number of methoxy groups -OCH3 is 1. The summed E-state index contributed by atoms with van der Waals surface area (Å²) in [5.74, 6) is 0.768. The van der Waals surface area contributed by atoms with Crippen LogP contribution in [0.25, 0.3) is 0 Å². The van der Waals surface area contributed by atoms with Crippen molar-refractivity contribution < 1.29 is 4.74 Å². The minimum atomic E-state index is -0.00582. The molecule has 2 aromatic carbocycles. The summed E-state index contributed by atoms with van der Waals surface area (Å²) in [5, 5.41) is 6.64. The smallest absolute Gasteiger partial charge is 0.191 e. The van der Waals surface area contributed by atoms with Crippen molar-refractivity contribution in [2.24, 2.45) is 4.99 Å². The summed E-state index contributed by atoms with van der Waals surface area (Å²) in [6.07, 6.45) is -0.00582. The highest BCUT2D eigenvalue weighted by Crippen LogP contribution is 2.14. The monoisotopic (exact) mass is 439 g/mol. The number of ether oxygens (including phenoxy) is 1. The number of rotatable bonds is 6. The van der Waals surface area contributed by atoms with Crippen LogP contribution < -0.4 is 10.6 Å². The zero-order valence-electron chi connectivity index (χ0n) is 14.5. The van der Waals surface area contributed by atoms with Crippen LogP contribution >= 0.6 is 24.0 Å². The average molecular weight is 439 g/mol. The molecule has 1 atom stereocenters. The van der Waals surface area contributed by atoms with Gasteiger partial charge in [0.1, 0.15) is 0 Å². The number of nitrogens with zero attached hydrogens (tertiary/aromatic N) is 1. The Morgan fingerprint density at radius 2 is 1.83 bits per heavy atom. The molecule has 0 aliphatic carbocycles. The van der Waals surface area contributed by atoms with Gasteiger partial charge in [0.2, 0.25) is 0 Å². The lowest BCUT2D eigenvalue weighted by Gasteiger charge is -2.18. The molecule has 0 fully saturated rings. The second-order valence-corrected chi connectivity index (χ2v) is 5.43. The Labute approximate surface area is 161 Å². The molecular formula is C19H26IN3O. The van der Waals surface area contributed by atoms with Crippen LogP contribution in [0.3, 0.4) is 0 Å². The van der Waals surface area contributed by atoms with Crippen molar-refractivity contribution in [3.05, 3.63) is 71.3 Å². The number of benzene rings is 2. The van der Waals surface area contributed by atoms with Gasteiger partial charge in [0.05, 0.1) is 6.10 Å². The van der Waals surface area contributed by atoms with Crippen molar-refractivity contribution >= 4 is 29.9 Å². The second kappa shape index (κ2) is 11.0. The Hall–Kier alpha value is -1.60. The molecule has 0 spiro atoms. The van der Waals surface area contributed by atoms with Gasteiger partial charge < -0.3 is 15.4 Å². The van der Waals surface area contributed by atoms with E-state index in [9.17, 15) is 0 Å². The van der Waals surface area contributed by atoms with Crippen molar-refractivity contribution in [2.45, 2.75) is 19.6 Å². The predicted octanol–water partition coefficient (Wildman–Crippen LogP) is 3.67. The minimum Gasteiger partial charge on any atom is -0.375 e. The zero-order chi connectivity index (χ0) is 16.5. The summed E-state index contributed by atoms with van der Waals surface area (Å²) < 4.78 is 5.56. The fourth-order valence-electron chi connectivity index (χ4n) is 2.42. The molecule has 0 saturated carbocycles. The van der Waals surface area contributed by atoms with E-state index in [0.717, 1.165) is 18.1 Å². The number of nitrogens with one attached hydrogen (secondary N) is 2. The molecule has 4 nitrogen and oxygen atoms in total. The highest BCUT2D eigenvalue weighted by molar-refractivity contribution is 14.0. The first-order chi connectivity index (χ1) is 11.2. The number of aliphatic imine (C=N–C) groups is 1. The van der Waals surface area contributed by atoms with Crippen molar-refractivity contribution in [3.63, 3.8) is 0 Å².